The summed E-state index contributed by atoms with van der Waals surface area (Å²) >= 11 is 0. The van der Waals surface area contributed by atoms with Gasteiger partial charge in [0.2, 0.25) is 0 Å². The van der Waals surface area contributed by atoms with Crippen LogP contribution in [0.5, 0.6) is 0 Å². The van der Waals surface area contributed by atoms with Crippen molar-refractivity contribution in [3.63, 3.8) is 0 Å². The Bertz CT molecular complexity index is 376. The van der Waals surface area contributed by atoms with E-state index < -0.39 is 5.60 Å². The number of likely N-dealkylation sites (tertiary alicyclic amines) is 1. The van der Waals surface area contributed by atoms with Crippen molar-refractivity contribution in [2.24, 2.45) is 16.6 Å². The molecule has 0 bridgehead atoms. The van der Waals surface area contributed by atoms with Gasteiger partial charge in [0.25, 0.3) is 0 Å². The molecule has 0 aromatic rings. The zero-order valence-electron chi connectivity index (χ0n) is 14.0. The summed E-state index contributed by atoms with van der Waals surface area (Å²) in [4.78, 5) is 18.1. The van der Waals surface area contributed by atoms with Crippen molar-refractivity contribution >= 4 is 12.1 Å². The number of nitrogens with two attached hydrogens (primary N) is 1. The van der Waals surface area contributed by atoms with Gasteiger partial charge in [0.1, 0.15) is 5.60 Å². The molecule has 6 heteroatoms. The molecule has 122 valence electrons. The maximum Gasteiger partial charge on any atom is 0.410 e. The molecular formula is C15H30N4O2. The molecule has 1 heterocycles. The number of hydrogen-bond donors (Lipinski definition) is 2. The predicted octanol–water partition coefficient (Wildman–Crippen LogP) is 1.95. The van der Waals surface area contributed by atoms with Crippen LogP contribution in [0.1, 0.15) is 47.5 Å². The van der Waals surface area contributed by atoms with Gasteiger partial charge in [-0.05, 0) is 46.5 Å². The topological polar surface area (TPSA) is 80.0 Å². The monoisotopic (exact) mass is 298 g/mol. The summed E-state index contributed by atoms with van der Waals surface area (Å²) in [6, 6.07) is 0.329. The fourth-order valence-corrected chi connectivity index (χ4v) is 2.10. The van der Waals surface area contributed by atoms with Crippen LogP contribution in [0, 0.1) is 5.92 Å². The fourth-order valence-electron chi connectivity index (χ4n) is 2.10. The maximum atomic E-state index is 12.0. The zero-order chi connectivity index (χ0) is 16.0. The number of nitrogens with zero attached hydrogens (tertiary/aromatic N) is 2. The summed E-state index contributed by atoms with van der Waals surface area (Å²) in [6.07, 6.45) is 1.71. The molecule has 1 rings (SSSR count). The van der Waals surface area contributed by atoms with Crippen molar-refractivity contribution in [1.29, 1.82) is 0 Å². The van der Waals surface area contributed by atoms with Crippen LogP contribution >= 0.6 is 0 Å². The van der Waals surface area contributed by atoms with E-state index in [0.29, 0.717) is 31.0 Å². The molecule has 0 aromatic carbocycles. The van der Waals surface area contributed by atoms with E-state index in [0.717, 1.165) is 19.4 Å². The molecular weight excluding hydrogens is 268 g/mol. The first-order chi connectivity index (χ1) is 9.71. The van der Waals surface area contributed by atoms with Crippen molar-refractivity contribution in [1.82, 2.24) is 10.2 Å². The van der Waals surface area contributed by atoms with E-state index in [1.807, 2.05) is 20.8 Å². The molecule has 2 atom stereocenters. The summed E-state index contributed by atoms with van der Waals surface area (Å²) in [7, 11) is 0. The Hall–Kier alpha value is -1.46. The highest BCUT2D eigenvalue weighted by Crippen LogP contribution is 2.19. The Morgan fingerprint density at radius 2 is 2.19 bits per heavy atom. The van der Waals surface area contributed by atoms with Gasteiger partial charge >= 0.3 is 6.09 Å². The highest BCUT2D eigenvalue weighted by atomic mass is 16.6. The third-order valence-corrected chi connectivity index (χ3v) is 3.46. The van der Waals surface area contributed by atoms with Crippen molar-refractivity contribution in [3.8, 4) is 0 Å². The van der Waals surface area contributed by atoms with Crippen molar-refractivity contribution < 1.29 is 9.53 Å². The number of carbonyl (C=O) groups excluding carboxylic acids is 1. The van der Waals surface area contributed by atoms with E-state index in [2.05, 4.69) is 24.2 Å². The number of aliphatic imine (C=N–C) groups is 1. The number of ether oxygens (including phenoxy) is 1. The highest BCUT2D eigenvalue weighted by Gasteiger charge is 2.29. The van der Waals surface area contributed by atoms with Crippen molar-refractivity contribution in [2.75, 3.05) is 19.6 Å². The highest BCUT2D eigenvalue weighted by molar-refractivity contribution is 5.78. The average molecular weight is 298 g/mol. The molecule has 1 aliphatic heterocycles. The molecule has 6 nitrogen and oxygen atoms in total. The van der Waals surface area contributed by atoms with Crippen LogP contribution in [0.15, 0.2) is 4.99 Å². The number of guanidine groups is 1. The number of carbonyl (C=O) groups is 1. The summed E-state index contributed by atoms with van der Waals surface area (Å²) in [5, 5.41) is 3.14. The molecule has 0 aliphatic carbocycles. The third-order valence-electron chi connectivity index (χ3n) is 3.46. The number of amides is 1. The summed E-state index contributed by atoms with van der Waals surface area (Å²) < 4.78 is 5.38. The molecule has 2 unspecified atom stereocenters. The lowest BCUT2D eigenvalue weighted by molar-refractivity contribution is 0.0289. The van der Waals surface area contributed by atoms with Crippen LogP contribution in [-0.2, 0) is 4.74 Å². The third kappa shape index (κ3) is 6.69. The van der Waals surface area contributed by atoms with E-state index in [4.69, 9.17) is 10.5 Å². The van der Waals surface area contributed by atoms with Crippen LogP contribution in [0.25, 0.3) is 0 Å². The molecule has 0 spiro atoms. The van der Waals surface area contributed by atoms with E-state index >= 15 is 0 Å². The SMILES string of the molecule is CCC(C)NC(N)=NCC1CCN(C(=O)OC(C)(C)C)C1. The molecule has 1 amide bonds. The Morgan fingerprint density at radius 1 is 1.52 bits per heavy atom. The second-order valence-electron chi connectivity index (χ2n) is 6.76. The lowest BCUT2D eigenvalue weighted by Gasteiger charge is -2.24. The minimum absolute atomic E-state index is 0.236. The van der Waals surface area contributed by atoms with Crippen LogP contribution < -0.4 is 11.1 Å². The van der Waals surface area contributed by atoms with Crippen LogP contribution in [0.2, 0.25) is 0 Å². The quantitative estimate of drug-likeness (QED) is 0.614. The van der Waals surface area contributed by atoms with Gasteiger partial charge in [-0.1, -0.05) is 6.92 Å². The normalized spacial score (nSPS) is 21.3. The molecule has 3 N–H and O–H groups in total. The number of nitrogens with one attached hydrogen (secondary N) is 1. The van der Waals surface area contributed by atoms with Gasteiger partial charge in [-0.25, -0.2) is 4.79 Å². The lowest BCUT2D eigenvalue weighted by Crippen LogP contribution is -2.38. The van der Waals surface area contributed by atoms with E-state index in [-0.39, 0.29) is 6.09 Å². The van der Waals surface area contributed by atoms with Crippen LogP contribution in [0.4, 0.5) is 4.79 Å². The Labute approximate surface area is 128 Å². The minimum Gasteiger partial charge on any atom is -0.444 e. The van der Waals surface area contributed by atoms with Gasteiger partial charge in [0.15, 0.2) is 5.96 Å². The van der Waals surface area contributed by atoms with Gasteiger partial charge in [0, 0.05) is 25.7 Å². The summed E-state index contributed by atoms with van der Waals surface area (Å²) in [5.41, 5.74) is 5.39. The number of rotatable bonds is 4. The zero-order valence-corrected chi connectivity index (χ0v) is 14.0. The summed E-state index contributed by atoms with van der Waals surface area (Å²) in [5.74, 6) is 0.842. The molecule has 1 saturated heterocycles. The first-order valence-corrected chi connectivity index (χ1v) is 7.75. The molecule has 1 aliphatic rings. The maximum absolute atomic E-state index is 12.0. The Balaban J connectivity index is 2.38. The first-order valence-electron chi connectivity index (χ1n) is 7.75. The van der Waals surface area contributed by atoms with E-state index in [9.17, 15) is 4.79 Å². The van der Waals surface area contributed by atoms with E-state index in [1.54, 1.807) is 4.90 Å². The lowest BCUT2D eigenvalue weighted by atomic mass is 10.1. The Morgan fingerprint density at radius 3 is 2.76 bits per heavy atom. The van der Waals surface area contributed by atoms with Crippen molar-refractivity contribution in [2.45, 2.75) is 59.1 Å². The second kappa shape index (κ2) is 7.52. The molecule has 0 saturated carbocycles. The summed E-state index contributed by atoms with van der Waals surface area (Å²) in [6.45, 7) is 11.9. The van der Waals surface area contributed by atoms with Crippen LogP contribution in [0.3, 0.4) is 0 Å². The van der Waals surface area contributed by atoms with Gasteiger partial charge in [-0.2, -0.15) is 0 Å². The fraction of sp³-hybridized carbons (Fsp3) is 0.867. The van der Waals surface area contributed by atoms with E-state index in [1.165, 1.54) is 0 Å². The van der Waals surface area contributed by atoms with Crippen molar-refractivity contribution in [3.05, 3.63) is 0 Å². The molecule has 21 heavy (non-hydrogen) atoms. The average Bonchev–Trinajstić information content (AvgIpc) is 2.83. The van der Waals surface area contributed by atoms with Crippen LogP contribution in [-0.4, -0.2) is 48.2 Å². The molecule has 0 aromatic heterocycles. The van der Waals surface area contributed by atoms with Gasteiger partial charge < -0.3 is 20.7 Å². The second-order valence-corrected chi connectivity index (χ2v) is 6.76. The molecule has 1 fully saturated rings. The minimum atomic E-state index is -0.446. The smallest absolute Gasteiger partial charge is 0.410 e. The predicted molar refractivity (Wildman–Crippen MR) is 85.3 cm³/mol. The van der Waals surface area contributed by atoms with Gasteiger partial charge in [0.05, 0.1) is 0 Å². The standard InChI is InChI=1S/C15H30N4O2/c1-6-11(2)18-13(16)17-9-12-7-8-19(10-12)14(20)21-15(3,4)5/h11-12H,6-10H2,1-5H3,(H3,16,17,18). The van der Waals surface area contributed by atoms with Gasteiger partial charge in [-0.15, -0.1) is 0 Å². The first kappa shape index (κ1) is 17.6. The Kier molecular flexibility index (Phi) is 6.30. The molecule has 0 radical (unpaired) electrons. The largest absolute Gasteiger partial charge is 0.444 e. The number of hydrogen-bond acceptors (Lipinski definition) is 3. The van der Waals surface area contributed by atoms with Gasteiger partial charge in [-0.3, -0.25) is 4.99 Å².